The van der Waals surface area contributed by atoms with Gasteiger partial charge in [-0.1, -0.05) is 0 Å². The van der Waals surface area contributed by atoms with Gasteiger partial charge in [0.15, 0.2) is 5.65 Å². The maximum Gasteiger partial charge on any atom is 0.337 e. The van der Waals surface area contributed by atoms with E-state index in [4.69, 9.17) is 5.11 Å². The van der Waals surface area contributed by atoms with E-state index in [2.05, 4.69) is 28.4 Å². The summed E-state index contributed by atoms with van der Waals surface area (Å²) in [5.41, 5.74) is 1.67. The quantitative estimate of drug-likeness (QED) is 0.902. The fourth-order valence-electron chi connectivity index (χ4n) is 2.26. The fraction of sp³-hybridized carbons (Fsp3) is 0.462. The zero-order valence-corrected chi connectivity index (χ0v) is 10.4. The predicted octanol–water partition coefficient (Wildman–Crippen LogP) is 2.59. The van der Waals surface area contributed by atoms with Crippen LogP contribution in [-0.2, 0) is 0 Å². The largest absolute Gasteiger partial charge is 0.478 e. The minimum Gasteiger partial charge on any atom is -0.478 e. The Balaban J connectivity index is 2.23. The van der Waals surface area contributed by atoms with Crippen molar-refractivity contribution in [2.24, 2.45) is 0 Å². The number of pyridine rings is 1. The number of carboxylic acids is 1. The Labute approximate surface area is 104 Å². The molecule has 0 bridgehead atoms. The molecule has 5 nitrogen and oxygen atoms in total. The summed E-state index contributed by atoms with van der Waals surface area (Å²) in [6.07, 6.45) is 3.74. The molecule has 5 heteroatoms. The first kappa shape index (κ1) is 11.2. The Morgan fingerprint density at radius 1 is 1.50 bits per heavy atom. The van der Waals surface area contributed by atoms with Crippen LogP contribution in [0.4, 0.5) is 0 Å². The second-order valence-corrected chi connectivity index (χ2v) is 5.08. The number of nitrogens with zero attached hydrogens (tertiary/aromatic N) is 3. The van der Waals surface area contributed by atoms with E-state index < -0.39 is 5.97 Å². The molecule has 1 N–H and O–H groups in total. The zero-order chi connectivity index (χ0) is 12.9. The van der Waals surface area contributed by atoms with Crippen LogP contribution in [0.2, 0.25) is 0 Å². The minimum absolute atomic E-state index is 0.193. The van der Waals surface area contributed by atoms with Crippen LogP contribution in [0.5, 0.6) is 0 Å². The van der Waals surface area contributed by atoms with Crippen molar-refractivity contribution >= 4 is 17.1 Å². The van der Waals surface area contributed by atoms with Gasteiger partial charge in [0.25, 0.3) is 0 Å². The molecule has 0 unspecified atom stereocenters. The van der Waals surface area contributed by atoms with Gasteiger partial charge in [0.2, 0.25) is 0 Å². The summed E-state index contributed by atoms with van der Waals surface area (Å²) < 4.78 is 2.12. The van der Waals surface area contributed by atoms with Gasteiger partial charge >= 0.3 is 5.97 Å². The van der Waals surface area contributed by atoms with E-state index in [1.54, 1.807) is 6.07 Å². The van der Waals surface area contributed by atoms with Crippen LogP contribution in [0.3, 0.4) is 0 Å². The molecular formula is C13H15N3O2. The van der Waals surface area contributed by atoms with Crippen molar-refractivity contribution in [2.45, 2.75) is 38.6 Å². The van der Waals surface area contributed by atoms with Gasteiger partial charge in [-0.15, -0.1) is 0 Å². The number of aromatic carboxylic acids is 1. The summed E-state index contributed by atoms with van der Waals surface area (Å²) in [7, 11) is 0. The fourth-order valence-corrected chi connectivity index (χ4v) is 2.26. The van der Waals surface area contributed by atoms with E-state index in [-0.39, 0.29) is 11.6 Å². The first-order valence-corrected chi connectivity index (χ1v) is 6.19. The maximum absolute atomic E-state index is 10.9. The van der Waals surface area contributed by atoms with E-state index in [1.165, 1.54) is 19.0 Å². The van der Waals surface area contributed by atoms with Gasteiger partial charge < -0.3 is 9.67 Å². The van der Waals surface area contributed by atoms with Crippen molar-refractivity contribution < 1.29 is 9.90 Å². The Morgan fingerprint density at radius 2 is 2.22 bits per heavy atom. The average molecular weight is 245 g/mol. The van der Waals surface area contributed by atoms with Crippen molar-refractivity contribution in [3.05, 3.63) is 23.7 Å². The second-order valence-electron chi connectivity index (χ2n) is 5.08. The number of hydrogen-bond donors (Lipinski definition) is 1. The average Bonchev–Trinajstić information content (AvgIpc) is 3.08. The molecule has 0 aliphatic heterocycles. The Hall–Kier alpha value is -1.91. The molecule has 0 amide bonds. The number of carboxylic acid groups (broad SMARTS) is 1. The van der Waals surface area contributed by atoms with Crippen molar-refractivity contribution in [2.75, 3.05) is 0 Å². The van der Waals surface area contributed by atoms with Crippen LogP contribution in [0.1, 0.15) is 54.8 Å². The van der Waals surface area contributed by atoms with E-state index in [9.17, 15) is 4.79 Å². The normalized spacial score (nSPS) is 15.5. The Morgan fingerprint density at radius 3 is 2.78 bits per heavy atom. The van der Waals surface area contributed by atoms with Crippen LogP contribution in [0, 0.1) is 0 Å². The molecule has 0 aromatic carbocycles. The van der Waals surface area contributed by atoms with Gasteiger partial charge in [-0.25, -0.2) is 14.8 Å². The lowest BCUT2D eigenvalue weighted by Gasteiger charge is -2.11. The molecule has 3 rings (SSSR count). The highest BCUT2D eigenvalue weighted by Crippen LogP contribution is 2.41. The monoisotopic (exact) mass is 245 g/mol. The van der Waals surface area contributed by atoms with Gasteiger partial charge in [0, 0.05) is 18.2 Å². The van der Waals surface area contributed by atoms with E-state index >= 15 is 0 Å². The molecule has 1 saturated carbocycles. The predicted molar refractivity (Wildman–Crippen MR) is 66.8 cm³/mol. The standard InChI is InChI=1S/C13H15N3O2/c1-7(2)16-11(8-3-4-8)15-10-5-9(13(17)18)6-14-12(10)16/h5-8H,3-4H2,1-2H3,(H,17,18). The minimum atomic E-state index is -0.962. The molecule has 18 heavy (non-hydrogen) atoms. The number of rotatable bonds is 3. The summed E-state index contributed by atoms with van der Waals surface area (Å²) in [4.78, 5) is 19.8. The summed E-state index contributed by atoms with van der Waals surface area (Å²) in [6, 6.07) is 1.89. The SMILES string of the molecule is CC(C)n1c(C2CC2)nc2cc(C(=O)O)cnc21. The first-order valence-electron chi connectivity index (χ1n) is 6.19. The number of carbonyl (C=O) groups is 1. The van der Waals surface area contributed by atoms with E-state index in [1.807, 2.05) is 0 Å². The molecule has 1 aliphatic rings. The van der Waals surface area contributed by atoms with Gasteiger partial charge in [0.05, 0.1) is 5.56 Å². The lowest BCUT2D eigenvalue weighted by molar-refractivity contribution is 0.0696. The first-order chi connectivity index (χ1) is 8.58. The van der Waals surface area contributed by atoms with Crippen LogP contribution < -0.4 is 0 Å². The third kappa shape index (κ3) is 1.66. The van der Waals surface area contributed by atoms with Crippen LogP contribution in [0.25, 0.3) is 11.2 Å². The molecular weight excluding hydrogens is 230 g/mol. The van der Waals surface area contributed by atoms with Crippen molar-refractivity contribution in [1.29, 1.82) is 0 Å². The van der Waals surface area contributed by atoms with Crippen LogP contribution >= 0.6 is 0 Å². The molecule has 0 atom stereocenters. The molecule has 1 aliphatic carbocycles. The summed E-state index contributed by atoms with van der Waals surface area (Å²) in [5, 5.41) is 8.98. The van der Waals surface area contributed by atoms with Gasteiger partial charge in [-0.2, -0.15) is 0 Å². The van der Waals surface area contributed by atoms with Gasteiger partial charge in [-0.3, -0.25) is 0 Å². The smallest absolute Gasteiger partial charge is 0.337 e. The topological polar surface area (TPSA) is 68.0 Å². The molecule has 0 spiro atoms. The van der Waals surface area contributed by atoms with Crippen LogP contribution in [-0.4, -0.2) is 25.6 Å². The third-order valence-electron chi connectivity index (χ3n) is 3.26. The van der Waals surface area contributed by atoms with Crippen molar-refractivity contribution in [3.8, 4) is 0 Å². The highest BCUT2D eigenvalue weighted by atomic mass is 16.4. The molecule has 2 heterocycles. The molecule has 2 aromatic rings. The lowest BCUT2D eigenvalue weighted by Crippen LogP contribution is -2.06. The number of hydrogen-bond acceptors (Lipinski definition) is 3. The van der Waals surface area contributed by atoms with Crippen LogP contribution in [0.15, 0.2) is 12.3 Å². The van der Waals surface area contributed by atoms with Gasteiger partial charge in [-0.05, 0) is 32.8 Å². The third-order valence-corrected chi connectivity index (χ3v) is 3.26. The highest BCUT2D eigenvalue weighted by Gasteiger charge is 2.30. The lowest BCUT2D eigenvalue weighted by atomic mass is 10.3. The Bertz CT molecular complexity index is 626. The second kappa shape index (κ2) is 3.80. The van der Waals surface area contributed by atoms with Crippen molar-refractivity contribution in [1.82, 2.24) is 14.5 Å². The number of aromatic nitrogens is 3. The van der Waals surface area contributed by atoms with Crippen molar-refractivity contribution in [3.63, 3.8) is 0 Å². The highest BCUT2D eigenvalue weighted by molar-refractivity contribution is 5.90. The zero-order valence-electron chi connectivity index (χ0n) is 10.4. The number of fused-ring (bicyclic) bond motifs is 1. The maximum atomic E-state index is 10.9. The summed E-state index contributed by atoms with van der Waals surface area (Å²) >= 11 is 0. The van der Waals surface area contributed by atoms with E-state index in [0.717, 1.165) is 11.5 Å². The molecule has 2 aromatic heterocycles. The summed E-state index contributed by atoms with van der Waals surface area (Å²) in [5.74, 6) is 0.612. The Kier molecular flexibility index (Phi) is 2.36. The van der Waals surface area contributed by atoms with E-state index in [0.29, 0.717) is 11.4 Å². The number of imidazole rings is 1. The summed E-state index contributed by atoms with van der Waals surface area (Å²) in [6.45, 7) is 4.19. The molecule has 0 saturated heterocycles. The molecule has 94 valence electrons. The molecule has 0 radical (unpaired) electrons. The molecule has 1 fully saturated rings. The van der Waals surface area contributed by atoms with Gasteiger partial charge in [0.1, 0.15) is 11.3 Å².